The Labute approximate surface area is 146 Å². The fraction of sp³-hybridized carbons (Fsp3) is 0.263. The van der Waals surface area contributed by atoms with Crippen molar-refractivity contribution in [2.45, 2.75) is 27.7 Å². The molecule has 0 radical (unpaired) electrons. The van der Waals surface area contributed by atoms with E-state index in [0.717, 1.165) is 39.3 Å². The van der Waals surface area contributed by atoms with E-state index in [4.69, 9.17) is 0 Å². The van der Waals surface area contributed by atoms with Crippen molar-refractivity contribution in [1.29, 1.82) is 0 Å². The van der Waals surface area contributed by atoms with Crippen LogP contribution in [0.4, 0.5) is 4.79 Å². The zero-order valence-electron chi connectivity index (χ0n) is 14.5. The summed E-state index contributed by atoms with van der Waals surface area (Å²) in [6.07, 6.45) is 1.82. The molecule has 0 saturated carbocycles. The first-order chi connectivity index (χ1) is 11.3. The first kappa shape index (κ1) is 16.6. The maximum absolute atomic E-state index is 12.1. The van der Waals surface area contributed by atoms with Gasteiger partial charge in [0.05, 0.1) is 4.91 Å². The molecule has 124 valence electrons. The summed E-state index contributed by atoms with van der Waals surface area (Å²) in [5, 5.41) is -0.227. The number of imide groups is 1. The van der Waals surface area contributed by atoms with Gasteiger partial charge in [-0.15, -0.1) is 0 Å². The lowest BCUT2D eigenvalue weighted by Gasteiger charge is -2.12. The van der Waals surface area contributed by atoms with Crippen molar-refractivity contribution >= 4 is 29.0 Å². The highest BCUT2D eigenvalue weighted by atomic mass is 32.2. The van der Waals surface area contributed by atoms with Crippen LogP contribution in [0.1, 0.15) is 28.1 Å². The highest BCUT2D eigenvalue weighted by Crippen LogP contribution is 2.32. The molecule has 1 aromatic heterocycles. The molecule has 1 aliphatic rings. The third-order valence-electron chi connectivity index (χ3n) is 4.21. The summed E-state index contributed by atoms with van der Waals surface area (Å²) in [4.78, 5) is 25.4. The van der Waals surface area contributed by atoms with E-state index < -0.39 is 0 Å². The molecule has 0 unspecified atom stereocenters. The molecule has 1 aromatic carbocycles. The fourth-order valence-electron chi connectivity index (χ4n) is 3.10. The van der Waals surface area contributed by atoms with Gasteiger partial charge in [0.25, 0.3) is 11.1 Å². The lowest BCUT2D eigenvalue weighted by molar-refractivity contribution is -0.121. The number of hydrogen-bond donors (Lipinski definition) is 0. The van der Waals surface area contributed by atoms with E-state index in [1.807, 2.05) is 19.9 Å². The van der Waals surface area contributed by atoms with E-state index in [-0.39, 0.29) is 11.1 Å². The van der Waals surface area contributed by atoms with E-state index in [2.05, 4.69) is 42.7 Å². The number of thioether (sulfide) groups is 1. The summed E-state index contributed by atoms with van der Waals surface area (Å²) in [6.45, 7) is 8.26. The second-order valence-electron chi connectivity index (χ2n) is 6.25. The molecular weight excluding hydrogens is 320 g/mol. The molecule has 0 N–H and O–H groups in total. The van der Waals surface area contributed by atoms with Gasteiger partial charge in [-0.3, -0.25) is 14.5 Å². The van der Waals surface area contributed by atoms with Gasteiger partial charge >= 0.3 is 0 Å². The Morgan fingerprint density at radius 3 is 2.12 bits per heavy atom. The highest BCUT2D eigenvalue weighted by molar-refractivity contribution is 8.18. The molecule has 24 heavy (non-hydrogen) atoms. The Balaban J connectivity index is 2.08. The Kier molecular flexibility index (Phi) is 4.13. The molecular formula is C19H20N2O2S. The number of aromatic nitrogens is 1. The Hall–Kier alpha value is -2.27. The van der Waals surface area contributed by atoms with Crippen molar-refractivity contribution in [3.63, 3.8) is 0 Å². The second-order valence-corrected chi connectivity index (χ2v) is 7.24. The summed E-state index contributed by atoms with van der Waals surface area (Å²) < 4.78 is 2.18. The van der Waals surface area contributed by atoms with Gasteiger partial charge in [-0.05, 0) is 80.4 Å². The number of benzene rings is 1. The van der Waals surface area contributed by atoms with E-state index >= 15 is 0 Å². The number of amides is 2. The van der Waals surface area contributed by atoms with Crippen LogP contribution in [0.2, 0.25) is 0 Å². The molecule has 0 bridgehead atoms. The lowest BCUT2D eigenvalue weighted by atomic mass is 10.1. The van der Waals surface area contributed by atoms with Crippen LogP contribution in [0.15, 0.2) is 29.2 Å². The first-order valence-electron chi connectivity index (χ1n) is 7.77. The minimum Gasteiger partial charge on any atom is -0.318 e. The van der Waals surface area contributed by atoms with Crippen molar-refractivity contribution in [1.82, 2.24) is 9.47 Å². The van der Waals surface area contributed by atoms with Gasteiger partial charge in [-0.25, -0.2) is 0 Å². The van der Waals surface area contributed by atoms with E-state index in [9.17, 15) is 9.59 Å². The molecule has 2 heterocycles. The fourth-order valence-corrected chi connectivity index (χ4v) is 3.92. The number of carbonyl (C=O) groups excluding carboxylic acids is 2. The zero-order valence-corrected chi connectivity index (χ0v) is 15.3. The van der Waals surface area contributed by atoms with Crippen LogP contribution in [0.25, 0.3) is 11.8 Å². The molecule has 5 heteroatoms. The van der Waals surface area contributed by atoms with Gasteiger partial charge in [-0.1, -0.05) is 6.07 Å². The summed E-state index contributed by atoms with van der Waals surface area (Å²) >= 11 is 0.990. The average molecular weight is 340 g/mol. The molecule has 2 amide bonds. The van der Waals surface area contributed by atoms with Crippen molar-refractivity contribution in [3.05, 3.63) is 57.2 Å². The van der Waals surface area contributed by atoms with Gasteiger partial charge < -0.3 is 4.57 Å². The SMILES string of the molecule is Cc1cc(C)cc(-n2c(C)cc(C=C3SC(=O)N(C)C3=O)c2C)c1. The number of nitrogens with zero attached hydrogens (tertiary/aromatic N) is 2. The van der Waals surface area contributed by atoms with Crippen molar-refractivity contribution in [2.75, 3.05) is 7.05 Å². The third kappa shape index (κ3) is 2.80. The average Bonchev–Trinajstić information content (AvgIpc) is 2.90. The van der Waals surface area contributed by atoms with Crippen molar-refractivity contribution in [2.24, 2.45) is 0 Å². The summed E-state index contributed by atoms with van der Waals surface area (Å²) in [6, 6.07) is 8.50. The monoisotopic (exact) mass is 340 g/mol. The van der Waals surface area contributed by atoms with Crippen LogP contribution in [-0.4, -0.2) is 27.7 Å². The molecule has 0 atom stereocenters. The Bertz CT molecular complexity index is 873. The minimum atomic E-state index is -0.235. The van der Waals surface area contributed by atoms with Crippen LogP contribution < -0.4 is 0 Å². The smallest absolute Gasteiger partial charge is 0.293 e. The summed E-state index contributed by atoms with van der Waals surface area (Å²) in [5.74, 6) is -0.235. The lowest BCUT2D eigenvalue weighted by Crippen LogP contribution is -2.22. The van der Waals surface area contributed by atoms with E-state index in [1.54, 1.807) is 0 Å². The highest BCUT2D eigenvalue weighted by Gasteiger charge is 2.32. The van der Waals surface area contributed by atoms with Crippen LogP contribution in [0.3, 0.4) is 0 Å². The largest absolute Gasteiger partial charge is 0.318 e. The van der Waals surface area contributed by atoms with Gasteiger partial charge in [-0.2, -0.15) is 0 Å². The molecule has 0 spiro atoms. The number of hydrogen-bond acceptors (Lipinski definition) is 3. The number of carbonyl (C=O) groups is 2. The van der Waals surface area contributed by atoms with Gasteiger partial charge in [0.15, 0.2) is 0 Å². The summed E-state index contributed by atoms with van der Waals surface area (Å²) in [5.41, 5.74) is 6.66. The third-order valence-corrected chi connectivity index (χ3v) is 5.17. The van der Waals surface area contributed by atoms with Gasteiger partial charge in [0.2, 0.25) is 0 Å². The van der Waals surface area contributed by atoms with Gasteiger partial charge in [0, 0.05) is 24.1 Å². The van der Waals surface area contributed by atoms with Crippen LogP contribution in [0.5, 0.6) is 0 Å². The molecule has 3 rings (SSSR count). The molecule has 1 saturated heterocycles. The van der Waals surface area contributed by atoms with E-state index in [1.165, 1.54) is 18.2 Å². The van der Waals surface area contributed by atoms with Crippen molar-refractivity contribution < 1.29 is 9.59 Å². The molecule has 2 aromatic rings. The predicted octanol–water partition coefficient (Wildman–Crippen LogP) is 4.38. The number of aryl methyl sites for hydroxylation is 3. The number of likely N-dealkylation sites (N-methyl/N-ethyl adjacent to an activating group) is 1. The number of rotatable bonds is 2. The zero-order chi connectivity index (χ0) is 17.6. The molecule has 1 aliphatic heterocycles. The van der Waals surface area contributed by atoms with Crippen LogP contribution in [0, 0.1) is 27.7 Å². The normalized spacial score (nSPS) is 16.5. The van der Waals surface area contributed by atoms with Crippen molar-refractivity contribution in [3.8, 4) is 5.69 Å². The van der Waals surface area contributed by atoms with E-state index in [0.29, 0.717) is 4.91 Å². The minimum absolute atomic E-state index is 0.227. The standard InChI is InChI=1S/C19H20N2O2S/c1-11-6-12(2)8-16(7-11)21-13(3)9-15(14(21)4)10-17-18(22)20(5)19(23)24-17/h6-10H,1-5H3. The Morgan fingerprint density at radius 1 is 0.958 bits per heavy atom. The molecule has 4 nitrogen and oxygen atoms in total. The first-order valence-corrected chi connectivity index (χ1v) is 8.58. The molecule has 0 aliphatic carbocycles. The van der Waals surface area contributed by atoms with Crippen LogP contribution in [-0.2, 0) is 4.79 Å². The maximum atomic E-state index is 12.1. The topological polar surface area (TPSA) is 42.3 Å². The van der Waals surface area contributed by atoms with Gasteiger partial charge in [0.1, 0.15) is 0 Å². The predicted molar refractivity (Wildman–Crippen MR) is 98.5 cm³/mol. The molecule has 1 fully saturated rings. The Morgan fingerprint density at radius 2 is 1.58 bits per heavy atom. The second kappa shape index (κ2) is 5.98. The quantitative estimate of drug-likeness (QED) is 0.762. The summed E-state index contributed by atoms with van der Waals surface area (Å²) in [7, 11) is 1.51. The van der Waals surface area contributed by atoms with Crippen LogP contribution >= 0.6 is 11.8 Å². The maximum Gasteiger partial charge on any atom is 0.293 e.